The van der Waals surface area contributed by atoms with Gasteiger partial charge in [-0.05, 0) is 82.1 Å². The average Bonchev–Trinajstić information content (AvgIpc) is 3.13. The number of rotatable bonds is 6. The van der Waals surface area contributed by atoms with E-state index in [0.717, 1.165) is 39.2 Å². The lowest BCUT2D eigenvalue weighted by Gasteiger charge is -2.28. The van der Waals surface area contributed by atoms with Crippen molar-refractivity contribution in [3.8, 4) is 11.4 Å². The zero-order chi connectivity index (χ0) is 24.6. The number of imidazole rings is 1. The average molecular weight is 460 g/mol. The topological polar surface area (TPSA) is 47.4 Å². The Morgan fingerprint density at radius 1 is 1.03 bits per heavy atom. The predicted molar refractivity (Wildman–Crippen MR) is 133 cm³/mol. The van der Waals surface area contributed by atoms with Gasteiger partial charge >= 0.3 is 0 Å². The number of fused-ring (bicyclic) bond motifs is 1. The van der Waals surface area contributed by atoms with Crippen LogP contribution in [-0.2, 0) is 6.54 Å². The van der Waals surface area contributed by atoms with Gasteiger partial charge in [0.05, 0.1) is 24.7 Å². The standard InChI is InChI=1S/C28H30FN3O2/c1-17(2)31(28(33)27-19(4)13-18(3)14-20(27)5)16-26-30-24-15-21(29)7-12-25(24)32(26)22-8-10-23(34-6)11-9-22/h7-15,17H,16H2,1-6H3. The molecule has 0 saturated carbocycles. The van der Waals surface area contributed by atoms with Crippen LogP contribution in [0.25, 0.3) is 16.7 Å². The summed E-state index contributed by atoms with van der Waals surface area (Å²) in [7, 11) is 1.62. The predicted octanol–water partition coefficient (Wildman–Crippen LogP) is 6.15. The molecule has 0 unspecified atom stereocenters. The summed E-state index contributed by atoms with van der Waals surface area (Å²) in [6.45, 7) is 10.3. The molecule has 0 aliphatic rings. The third kappa shape index (κ3) is 4.40. The van der Waals surface area contributed by atoms with E-state index < -0.39 is 0 Å². The molecule has 0 aliphatic heterocycles. The molecule has 4 aromatic rings. The summed E-state index contributed by atoms with van der Waals surface area (Å²) in [5.74, 6) is 1.02. The van der Waals surface area contributed by atoms with E-state index in [4.69, 9.17) is 9.72 Å². The largest absolute Gasteiger partial charge is 0.497 e. The van der Waals surface area contributed by atoms with Gasteiger partial charge in [0.15, 0.2) is 0 Å². The minimum absolute atomic E-state index is 0.0375. The number of hydrogen-bond donors (Lipinski definition) is 0. The molecule has 1 amide bonds. The van der Waals surface area contributed by atoms with Gasteiger partial charge in [-0.3, -0.25) is 9.36 Å². The lowest BCUT2D eigenvalue weighted by molar-refractivity contribution is 0.0683. The molecule has 3 aromatic carbocycles. The number of carbonyl (C=O) groups is 1. The molecule has 0 saturated heterocycles. The van der Waals surface area contributed by atoms with Crippen molar-refractivity contribution < 1.29 is 13.9 Å². The minimum Gasteiger partial charge on any atom is -0.497 e. The highest BCUT2D eigenvalue weighted by Gasteiger charge is 2.25. The van der Waals surface area contributed by atoms with E-state index in [9.17, 15) is 9.18 Å². The van der Waals surface area contributed by atoms with Crippen LogP contribution in [0.5, 0.6) is 5.75 Å². The second-order valence-electron chi connectivity index (χ2n) is 9.00. The van der Waals surface area contributed by atoms with Crippen LogP contribution in [0.2, 0.25) is 0 Å². The normalized spacial score (nSPS) is 11.3. The minimum atomic E-state index is -0.346. The number of aromatic nitrogens is 2. The summed E-state index contributed by atoms with van der Waals surface area (Å²) in [6.07, 6.45) is 0. The number of aryl methyl sites for hydroxylation is 3. The number of methoxy groups -OCH3 is 1. The zero-order valence-electron chi connectivity index (χ0n) is 20.5. The van der Waals surface area contributed by atoms with Crippen LogP contribution in [-0.4, -0.2) is 33.5 Å². The van der Waals surface area contributed by atoms with E-state index in [0.29, 0.717) is 11.3 Å². The lowest BCUT2D eigenvalue weighted by atomic mass is 9.98. The van der Waals surface area contributed by atoms with Crippen LogP contribution in [0.3, 0.4) is 0 Å². The molecule has 0 aliphatic carbocycles. The van der Waals surface area contributed by atoms with Crippen LogP contribution in [0, 0.1) is 26.6 Å². The van der Waals surface area contributed by atoms with Gasteiger partial charge in [0.25, 0.3) is 5.91 Å². The molecule has 1 heterocycles. The number of nitrogens with zero attached hydrogens (tertiary/aromatic N) is 3. The van der Waals surface area contributed by atoms with Gasteiger partial charge in [0, 0.05) is 23.4 Å². The highest BCUT2D eigenvalue weighted by atomic mass is 19.1. The quantitative estimate of drug-likeness (QED) is 0.347. The molecule has 176 valence electrons. The van der Waals surface area contributed by atoms with Crippen LogP contribution >= 0.6 is 0 Å². The molecule has 0 N–H and O–H groups in total. The van der Waals surface area contributed by atoms with Crippen molar-refractivity contribution >= 4 is 16.9 Å². The highest BCUT2D eigenvalue weighted by Crippen LogP contribution is 2.27. The van der Waals surface area contributed by atoms with E-state index in [1.807, 2.05) is 80.5 Å². The number of ether oxygens (including phenoxy) is 1. The number of amides is 1. The Balaban J connectivity index is 1.82. The first-order valence-corrected chi connectivity index (χ1v) is 11.4. The summed E-state index contributed by atoms with van der Waals surface area (Å²) < 4.78 is 21.3. The van der Waals surface area contributed by atoms with Gasteiger partial charge in [0.2, 0.25) is 0 Å². The maximum absolute atomic E-state index is 14.0. The molecule has 0 atom stereocenters. The van der Waals surface area contributed by atoms with Crippen LogP contribution < -0.4 is 4.74 Å². The lowest BCUT2D eigenvalue weighted by Crippen LogP contribution is -2.38. The first-order valence-electron chi connectivity index (χ1n) is 11.4. The van der Waals surface area contributed by atoms with E-state index in [2.05, 4.69) is 0 Å². The Labute approximate surface area is 199 Å². The summed E-state index contributed by atoms with van der Waals surface area (Å²) >= 11 is 0. The number of benzene rings is 3. The third-order valence-electron chi connectivity index (χ3n) is 6.10. The van der Waals surface area contributed by atoms with Crippen LogP contribution in [0.1, 0.15) is 46.7 Å². The summed E-state index contributed by atoms with van der Waals surface area (Å²) in [5.41, 5.74) is 5.95. The van der Waals surface area contributed by atoms with Gasteiger partial charge in [0.1, 0.15) is 17.4 Å². The Kier molecular flexibility index (Phi) is 6.42. The van der Waals surface area contributed by atoms with E-state index in [1.165, 1.54) is 12.1 Å². The Bertz CT molecular complexity index is 1330. The van der Waals surface area contributed by atoms with Crippen molar-refractivity contribution in [2.75, 3.05) is 7.11 Å². The number of carbonyl (C=O) groups excluding carboxylic acids is 1. The Hall–Kier alpha value is -3.67. The molecule has 34 heavy (non-hydrogen) atoms. The van der Waals surface area contributed by atoms with Crippen molar-refractivity contribution in [2.45, 2.75) is 47.2 Å². The maximum Gasteiger partial charge on any atom is 0.255 e. The zero-order valence-corrected chi connectivity index (χ0v) is 20.5. The smallest absolute Gasteiger partial charge is 0.255 e. The SMILES string of the molecule is COc1ccc(-n2c(CN(C(=O)c3c(C)cc(C)cc3C)C(C)C)nc3cc(F)ccc32)cc1. The van der Waals surface area contributed by atoms with Crippen molar-refractivity contribution in [1.82, 2.24) is 14.5 Å². The summed E-state index contributed by atoms with van der Waals surface area (Å²) in [4.78, 5) is 20.3. The fraction of sp³-hybridized carbons (Fsp3) is 0.286. The summed E-state index contributed by atoms with van der Waals surface area (Å²) in [5, 5.41) is 0. The Morgan fingerprint density at radius 3 is 2.26 bits per heavy atom. The molecular formula is C28H30FN3O2. The molecule has 0 spiro atoms. The molecule has 4 rings (SSSR count). The monoisotopic (exact) mass is 459 g/mol. The number of halogens is 1. The van der Waals surface area contributed by atoms with E-state index >= 15 is 0 Å². The molecule has 1 aromatic heterocycles. The highest BCUT2D eigenvalue weighted by molar-refractivity contribution is 5.97. The first kappa shape index (κ1) is 23.5. The first-order chi connectivity index (χ1) is 16.2. The summed E-state index contributed by atoms with van der Waals surface area (Å²) in [6, 6.07) is 16.2. The van der Waals surface area contributed by atoms with Gasteiger partial charge in [-0.1, -0.05) is 17.7 Å². The van der Waals surface area contributed by atoms with Gasteiger partial charge in [-0.25, -0.2) is 9.37 Å². The second kappa shape index (κ2) is 9.29. The van der Waals surface area contributed by atoms with Gasteiger partial charge < -0.3 is 9.64 Å². The van der Waals surface area contributed by atoms with Crippen molar-refractivity contribution in [1.29, 1.82) is 0 Å². The van der Waals surface area contributed by atoms with Gasteiger partial charge in [-0.2, -0.15) is 0 Å². The van der Waals surface area contributed by atoms with E-state index in [1.54, 1.807) is 13.2 Å². The molecular weight excluding hydrogens is 429 g/mol. The number of hydrogen-bond acceptors (Lipinski definition) is 3. The molecule has 5 nitrogen and oxygen atoms in total. The molecule has 6 heteroatoms. The Morgan fingerprint density at radius 2 is 1.68 bits per heavy atom. The fourth-order valence-electron chi connectivity index (χ4n) is 4.53. The molecule has 0 bridgehead atoms. The molecule has 0 fully saturated rings. The van der Waals surface area contributed by atoms with Crippen LogP contribution in [0.15, 0.2) is 54.6 Å². The van der Waals surface area contributed by atoms with Crippen molar-refractivity contribution in [3.05, 3.63) is 88.5 Å². The van der Waals surface area contributed by atoms with Crippen LogP contribution in [0.4, 0.5) is 4.39 Å². The maximum atomic E-state index is 14.0. The second-order valence-corrected chi connectivity index (χ2v) is 9.00. The van der Waals surface area contributed by atoms with Crippen molar-refractivity contribution in [2.24, 2.45) is 0 Å². The van der Waals surface area contributed by atoms with Crippen molar-refractivity contribution in [3.63, 3.8) is 0 Å². The van der Waals surface area contributed by atoms with Gasteiger partial charge in [-0.15, -0.1) is 0 Å². The molecule has 0 radical (unpaired) electrons. The third-order valence-corrected chi connectivity index (χ3v) is 6.10. The fourth-order valence-corrected chi connectivity index (χ4v) is 4.53. The van der Waals surface area contributed by atoms with E-state index in [-0.39, 0.29) is 24.3 Å².